The molecule has 13 heavy (non-hydrogen) atoms. The Kier molecular flexibility index (Phi) is 25.6. The van der Waals surface area contributed by atoms with Crippen molar-refractivity contribution in [3.8, 4) is 0 Å². The molecule has 1 fully saturated rings. The van der Waals surface area contributed by atoms with Gasteiger partial charge in [-0.1, -0.05) is 53.4 Å². The lowest BCUT2D eigenvalue weighted by Crippen LogP contribution is -2.04. The van der Waals surface area contributed by atoms with E-state index in [1.807, 2.05) is 13.8 Å². The predicted molar refractivity (Wildman–Crippen MR) is 58.9 cm³/mol. The van der Waals surface area contributed by atoms with Crippen LogP contribution in [-0.4, -0.2) is 11.6 Å². The first-order valence-electron chi connectivity index (χ1n) is 5.45. The number of hydrogen-bond donors (Lipinski definition) is 0. The van der Waals surface area contributed by atoms with E-state index in [-0.39, 0.29) is 5.48 Å². The molecular formula is C11H27FO. The molecule has 0 saturated heterocycles. The Labute approximate surface area is 83.0 Å². The van der Waals surface area contributed by atoms with E-state index in [1.54, 1.807) is 0 Å². The van der Waals surface area contributed by atoms with Crippen molar-refractivity contribution in [1.29, 1.82) is 0 Å². The SMILES string of the molecule is CC.CCC.FC1CCCCC1.O. The van der Waals surface area contributed by atoms with Gasteiger partial charge in [-0.15, -0.1) is 0 Å². The largest absolute Gasteiger partial charge is 0.412 e. The van der Waals surface area contributed by atoms with Gasteiger partial charge in [-0.3, -0.25) is 0 Å². The van der Waals surface area contributed by atoms with Crippen LogP contribution in [0.5, 0.6) is 0 Å². The highest BCUT2D eigenvalue weighted by Crippen LogP contribution is 2.19. The summed E-state index contributed by atoms with van der Waals surface area (Å²) in [6.07, 6.45) is 5.90. The van der Waals surface area contributed by atoms with E-state index in [9.17, 15) is 4.39 Å². The van der Waals surface area contributed by atoms with Crippen LogP contribution < -0.4 is 0 Å². The van der Waals surface area contributed by atoms with Crippen LogP contribution >= 0.6 is 0 Å². The monoisotopic (exact) mass is 194 g/mol. The average Bonchev–Trinajstić information content (AvgIpc) is 2.11. The second kappa shape index (κ2) is 17.8. The van der Waals surface area contributed by atoms with Crippen molar-refractivity contribution >= 4 is 0 Å². The summed E-state index contributed by atoms with van der Waals surface area (Å²) in [6, 6.07) is 0. The van der Waals surface area contributed by atoms with E-state index in [2.05, 4.69) is 13.8 Å². The van der Waals surface area contributed by atoms with Gasteiger partial charge in [0.2, 0.25) is 0 Å². The van der Waals surface area contributed by atoms with Gasteiger partial charge in [0.1, 0.15) is 6.17 Å². The molecule has 0 aromatic rings. The molecule has 1 aliphatic carbocycles. The Hall–Kier alpha value is -0.110. The minimum Gasteiger partial charge on any atom is -0.412 e. The van der Waals surface area contributed by atoms with Crippen molar-refractivity contribution in [1.82, 2.24) is 0 Å². The summed E-state index contributed by atoms with van der Waals surface area (Å²) in [4.78, 5) is 0. The van der Waals surface area contributed by atoms with E-state index >= 15 is 0 Å². The third-order valence-electron chi connectivity index (χ3n) is 1.53. The van der Waals surface area contributed by atoms with E-state index in [0.29, 0.717) is 0 Å². The fraction of sp³-hybridized carbons (Fsp3) is 1.00. The average molecular weight is 194 g/mol. The number of hydrogen-bond acceptors (Lipinski definition) is 0. The van der Waals surface area contributed by atoms with Gasteiger partial charge < -0.3 is 5.48 Å². The zero-order chi connectivity index (χ0) is 9.82. The van der Waals surface area contributed by atoms with Crippen molar-refractivity contribution in [2.75, 3.05) is 0 Å². The van der Waals surface area contributed by atoms with E-state index in [1.165, 1.54) is 12.8 Å². The van der Waals surface area contributed by atoms with E-state index in [4.69, 9.17) is 0 Å². The third-order valence-corrected chi connectivity index (χ3v) is 1.53. The molecule has 0 aliphatic heterocycles. The molecule has 0 atom stereocenters. The zero-order valence-corrected chi connectivity index (χ0v) is 9.70. The van der Waals surface area contributed by atoms with Crippen LogP contribution in [0.2, 0.25) is 0 Å². The van der Waals surface area contributed by atoms with Crippen molar-refractivity contribution in [2.24, 2.45) is 0 Å². The summed E-state index contributed by atoms with van der Waals surface area (Å²) in [5.41, 5.74) is 0. The molecule has 0 heterocycles. The number of halogens is 1. The van der Waals surface area contributed by atoms with Gasteiger partial charge in [-0.05, 0) is 12.8 Å². The first-order chi connectivity index (χ1) is 5.81. The Balaban J connectivity index is -0.000000146. The standard InChI is InChI=1S/C6H11F.C3H8.C2H6.H2O/c7-6-4-2-1-3-5-6;1-3-2;1-2;/h6H,1-5H2;3H2,1-2H3;1-2H3;1H2. The van der Waals surface area contributed by atoms with Crippen molar-refractivity contribution in [2.45, 2.75) is 72.4 Å². The predicted octanol–water partition coefficient (Wildman–Crippen LogP) is 3.91. The highest BCUT2D eigenvalue weighted by atomic mass is 19.1. The zero-order valence-electron chi connectivity index (χ0n) is 9.70. The second-order valence-corrected chi connectivity index (χ2v) is 2.94. The molecule has 0 spiro atoms. The Bertz CT molecular complexity index is 61.1. The molecule has 0 radical (unpaired) electrons. The number of alkyl halides is 1. The number of rotatable bonds is 0. The van der Waals surface area contributed by atoms with Gasteiger partial charge in [-0.2, -0.15) is 0 Å². The highest BCUT2D eigenvalue weighted by molar-refractivity contribution is 4.62. The smallest absolute Gasteiger partial charge is 0.100 e. The molecule has 1 rings (SSSR count). The lowest BCUT2D eigenvalue weighted by Gasteiger charge is -2.12. The summed E-state index contributed by atoms with van der Waals surface area (Å²) in [7, 11) is 0. The first-order valence-corrected chi connectivity index (χ1v) is 5.45. The normalized spacial score (nSPS) is 15.5. The topological polar surface area (TPSA) is 31.5 Å². The summed E-state index contributed by atoms with van der Waals surface area (Å²) in [6.45, 7) is 8.25. The lowest BCUT2D eigenvalue weighted by molar-refractivity contribution is 0.251. The quantitative estimate of drug-likeness (QED) is 0.560. The van der Waals surface area contributed by atoms with E-state index in [0.717, 1.165) is 25.7 Å². The molecule has 1 nitrogen and oxygen atoms in total. The molecule has 1 saturated carbocycles. The molecule has 2 N–H and O–H groups in total. The van der Waals surface area contributed by atoms with Crippen LogP contribution in [0.25, 0.3) is 0 Å². The molecule has 1 aliphatic rings. The maximum Gasteiger partial charge on any atom is 0.100 e. The summed E-state index contributed by atoms with van der Waals surface area (Å²) < 4.78 is 12.2. The minimum atomic E-state index is -0.464. The summed E-state index contributed by atoms with van der Waals surface area (Å²) >= 11 is 0. The fourth-order valence-corrected chi connectivity index (χ4v) is 1.05. The summed E-state index contributed by atoms with van der Waals surface area (Å²) in [5.74, 6) is 0. The van der Waals surface area contributed by atoms with Crippen LogP contribution in [0, 0.1) is 0 Å². The minimum absolute atomic E-state index is 0. The lowest BCUT2D eigenvalue weighted by atomic mass is 9.99. The van der Waals surface area contributed by atoms with Gasteiger partial charge in [-0.25, -0.2) is 4.39 Å². The van der Waals surface area contributed by atoms with Gasteiger partial charge in [0.25, 0.3) is 0 Å². The second-order valence-electron chi connectivity index (χ2n) is 2.94. The Morgan fingerprint density at radius 1 is 1.00 bits per heavy atom. The Morgan fingerprint density at radius 2 is 1.31 bits per heavy atom. The van der Waals surface area contributed by atoms with Crippen molar-refractivity contribution in [3.63, 3.8) is 0 Å². The highest BCUT2D eigenvalue weighted by Gasteiger charge is 2.09. The van der Waals surface area contributed by atoms with Crippen molar-refractivity contribution < 1.29 is 9.87 Å². The maximum absolute atomic E-state index is 12.2. The molecule has 0 aromatic heterocycles. The van der Waals surface area contributed by atoms with Crippen molar-refractivity contribution in [3.05, 3.63) is 0 Å². The molecule has 2 heteroatoms. The molecule has 0 bridgehead atoms. The molecule has 0 amide bonds. The third kappa shape index (κ3) is 18.7. The maximum atomic E-state index is 12.2. The summed E-state index contributed by atoms with van der Waals surface area (Å²) in [5, 5.41) is 0. The van der Waals surface area contributed by atoms with E-state index < -0.39 is 6.17 Å². The van der Waals surface area contributed by atoms with Crippen LogP contribution in [0.3, 0.4) is 0 Å². The van der Waals surface area contributed by atoms with Crippen LogP contribution in [0.4, 0.5) is 4.39 Å². The molecule has 0 unspecified atom stereocenters. The molecule has 84 valence electrons. The fourth-order valence-electron chi connectivity index (χ4n) is 1.05. The van der Waals surface area contributed by atoms with Gasteiger partial charge in [0.05, 0.1) is 0 Å². The first kappa shape index (κ1) is 18.6. The van der Waals surface area contributed by atoms with Crippen LogP contribution in [-0.2, 0) is 0 Å². The van der Waals surface area contributed by atoms with Crippen LogP contribution in [0.1, 0.15) is 66.2 Å². The van der Waals surface area contributed by atoms with Crippen LogP contribution in [0.15, 0.2) is 0 Å². The van der Waals surface area contributed by atoms with Gasteiger partial charge in [0, 0.05) is 0 Å². The van der Waals surface area contributed by atoms with Gasteiger partial charge >= 0.3 is 0 Å². The Morgan fingerprint density at radius 3 is 1.46 bits per heavy atom. The molecular weight excluding hydrogens is 167 g/mol. The molecule has 0 aromatic carbocycles. The van der Waals surface area contributed by atoms with Gasteiger partial charge in [0.15, 0.2) is 0 Å².